The lowest BCUT2D eigenvalue weighted by atomic mass is 10.0. The van der Waals surface area contributed by atoms with Crippen LogP contribution in [0.4, 0.5) is 8.78 Å². The number of hydrogen-bond acceptors (Lipinski definition) is 2. The molecule has 0 aliphatic heterocycles. The first kappa shape index (κ1) is 12.1. The highest BCUT2D eigenvalue weighted by molar-refractivity contribution is 5.20. The van der Waals surface area contributed by atoms with Crippen molar-refractivity contribution in [3.8, 4) is 0 Å². The molecule has 0 bridgehead atoms. The Labute approximate surface area is 88.7 Å². The predicted molar refractivity (Wildman–Crippen MR) is 56.6 cm³/mol. The largest absolute Gasteiger partial charge is 0.329 e. The van der Waals surface area contributed by atoms with Gasteiger partial charge in [-0.2, -0.15) is 0 Å². The molecular weight excluding hydrogens is 198 g/mol. The average molecular weight is 214 g/mol. The van der Waals surface area contributed by atoms with E-state index in [9.17, 15) is 8.78 Å². The molecule has 0 aromatic heterocycles. The normalized spacial score (nSPS) is 13.2. The van der Waals surface area contributed by atoms with E-state index in [-0.39, 0.29) is 6.04 Å². The number of likely N-dealkylation sites (N-methyl/N-ethyl adjacent to an activating group) is 1. The highest BCUT2D eigenvalue weighted by Crippen LogP contribution is 2.14. The maximum atomic E-state index is 13.3. The van der Waals surface area contributed by atoms with Crippen molar-refractivity contribution in [1.29, 1.82) is 0 Å². The Balaban J connectivity index is 2.84. The van der Waals surface area contributed by atoms with E-state index in [1.807, 2.05) is 19.0 Å². The summed E-state index contributed by atoms with van der Waals surface area (Å²) in [6.45, 7) is 0.420. The molecule has 0 amide bonds. The van der Waals surface area contributed by atoms with Crippen LogP contribution in [-0.4, -0.2) is 31.6 Å². The van der Waals surface area contributed by atoms with E-state index in [2.05, 4.69) is 0 Å². The summed E-state index contributed by atoms with van der Waals surface area (Å²) in [6.07, 6.45) is 0.424. The zero-order valence-corrected chi connectivity index (χ0v) is 9.00. The summed E-state index contributed by atoms with van der Waals surface area (Å²) < 4.78 is 26.2. The zero-order chi connectivity index (χ0) is 11.4. The summed E-state index contributed by atoms with van der Waals surface area (Å²) in [4.78, 5) is 1.91. The Kier molecular flexibility index (Phi) is 4.17. The lowest BCUT2D eigenvalue weighted by molar-refractivity contribution is 0.294. The molecular formula is C11H16F2N2. The molecule has 0 fully saturated rings. The van der Waals surface area contributed by atoms with Crippen molar-refractivity contribution in [2.45, 2.75) is 12.5 Å². The summed E-state index contributed by atoms with van der Waals surface area (Å²) in [5.41, 5.74) is 5.93. The van der Waals surface area contributed by atoms with Gasteiger partial charge in [-0.05, 0) is 32.1 Å². The highest BCUT2D eigenvalue weighted by atomic mass is 19.2. The lowest BCUT2D eigenvalue weighted by Gasteiger charge is -2.22. The van der Waals surface area contributed by atoms with Crippen molar-refractivity contribution in [3.05, 3.63) is 35.4 Å². The number of nitrogens with two attached hydrogens (primary N) is 1. The fourth-order valence-corrected chi connectivity index (χ4v) is 1.44. The van der Waals surface area contributed by atoms with Gasteiger partial charge < -0.3 is 10.6 Å². The Morgan fingerprint density at radius 1 is 1.33 bits per heavy atom. The van der Waals surface area contributed by atoms with Crippen LogP contribution in [0.3, 0.4) is 0 Å². The van der Waals surface area contributed by atoms with Gasteiger partial charge in [-0.15, -0.1) is 0 Å². The van der Waals surface area contributed by atoms with Gasteiger partial charge in [0, 0.05) is 12.6 Å². The molecule has 1 atom stereocenters. The summed E-state index contributed by atoms with van der Waals surface area (Å²) in [5.74, 6) is -1.57. The number of benzene rings is 1. The Hall–Kier alpha value is -1.00. The second-order valence-corrected chi connectivity index (χ2v) is 3.77. The molecule has 1 aromatic rings. The fraction of sp³-hybridized carbons (Fsp3) is 0.455. The molecule has 0 heterocycles. The van der Waals surface area contributed by atoms with Crippen LogP contribution in [0.15, 0.2) is 18.2 Å². The molecule has 2 nitrogen and oxygen atoms in total. The molecule has 0 aliphatic rings. The van der Waals surface area contributed by atoms with Crippen LogP contribution in [0.25, 0.3) is 0 Å². The van der Waals surface area contributed by atoms with Gasteiger partial charge in [-0.25, -0.2) is 8.78 Å². The standard InChI is InChI=1S/C11H16F2N2/c1-15(2)9(7-14)6-8-4-3-5-10(12)11(8)13/h3-5,9H,6-7,14H2,1-2H3. The van der Waals surface area contributed by atoms with E-state index in [4.69, 9.17) is 5.73 Å². The van der Waals surface area contributed by atoms with Gasteiger partial charge in [0.15, 0.2) is 11.6 Å². The van der Waals surface area contributed by atoms with E-state index in [1.54, 1.807) is 6.07 Å². The van der Waals surface area contributed by atoms with Gasteiger partial charge in [-0.1, -0.05) is 12.1 Å². The van der Waals surface area contributed by atoms with Crippen LogP contribution < -0.4 is 5.73 Å². The molecule has 0 aliphatic carbocycles. The molecule has 1 unspecified atom stereocenters. The Bertz CT molecular complexity index is 326. The molecule has 4 heteroatoms. The lowest BCUT2D eigenvalue weighted by Crippen LogP contribution is -2.37. The van der Waals surface area contributed by atoms with E-state index in [1.165, 1.54) is 6.07 Å². The molecule has 2 N–H and O–H groups in total. The molecule has 0 spiro atoms. The van der Waals surface area contributed by atoms with E-state index in [0.717, 1.165) is 6.07 Å². The number of rotatable bonds is 4. The van der Waals surface area contributed by atoms with Crippen molar-refractivity contribution >= 4 is 0 Å². The topological polar surface area (TPSA) is 29.3 Å². The van der Waals surface area contributed by atoms with E-state index in [0.29, 0.717) is 18.5 Å². The molecule has 15 heavy (non-hydrogen) atoms. The third-order valence-corrected chi connectivity index (χ3v) is 2.49. The van der Waals surface area contributed by atoms with Crippen molar-refractivity contribution in [2.24, 2.45) is 5.73 Å². The van der Waals surface area contributed by atoms with Gasteiger partial charge in [-0.3, -0.25) is 0 Å². The number of nitrogens with zero attached hydrogens (tertiary/aromatic N) is 1. The average Bonchev–Trinajstić information content (AvgIpc) is 2.19. The second-order valence-electron chi connectivity index (χ2n) is 3.77. The van der Waals surface area contributed by atoms with E-state index < -0.39 is 11.6 Å². The summed E-state index contributed by atoms with van der Waals surface area (Å²) in [7, 11) is 3.74. The molecule has 1 aromatic carbocycles. The number of halogens is 2. The highest BCUT2D eigenvalue weighted by Gasteiger charge is 2.14. The first-order valence-corrected chi connectivity index (χ1v) is 4.85. The van der Waals surface area contributed by atoms with Crippen molar-refractivity contribution in [3.63, 3.8) is 0 Å². The third kappa shape index (κ3) is 2.97. The third-order valence-electron chi connectivity index (χ3n) is 2.49. The van der Waals surface area contributed by atoms with Gasteiger partial charge in [0.1, 0.15) is 0 Å². The predicted octanol–water partition coefficient (Wildman–Crippen LogP) is 1.40. The molecule has 1 rings (SSSR count). The zero-order valence-electron chi connectivity index (χ0n) is 9.00. The summed E-state index contributed by atoms with van der Waals surface area (Å²) >= 11 is 0. The Morgan fingerprint density at radius 2 is 2.00 bits per heavy atom. The first-order chi connectivity index (χ1) is 7.06. The monoisotopic (exact) mass is 214 g/mol. The van der Waals surface area contributed by atoms with Crippen molar-refractivity contribution in [1.82, 2.24) is 4.90 Å². The van der Waals surface area contributed by atoms with Crippen LogP contribution in [0, 0.1) is 11.6 Å². The van der Waals surface area contributed by atoms with Gasteiger partial charge >= 0.3 is 0 Å². The van der Waals surface area contributed by atoms with Crippen LogP contribution in [0.5, 0.6) is 0 Å². The minimum Gasteiger partial charge on any atom is -0.329 e. The summed E-state index contributed by atoms with van der Waals surface area (Å²) in [6, 6.07) is 4.24. The van der Waals surface area contributed by atoms with Gasteiger partial charge in [0.05, 0.1) is 0 Å². The SMILES string of the molecule is CN(C)C(CN)Cc1cccc(F)c1F. The van der Waals surface area contributed by atoms with Gasteiger partial charge in [0.25, 0.3) is 0 Å². The van der Waals surface area contributed by atoms with Crippen molar-refractivity contribution < 1.29 is 8.78 Å². The molecule has 0 radical (unpaired) electrons. The fourth-order valence-electron chi connectivity index (χ4n) is 1.44. The van der Waals surface area contributed by atoms with Gasteiger partial charge in [0.2, 0.25) is 0 Å². The van der Waals surface area contributed by atoms with Crippen LogP contribution in [-0.2, 0) is 6.42 Å². The number of hydrogen-bond donors (Lipinski definition) is 1. The van der Waals surface area contributed by atoms with Crippen LogP contribution in [0.2, 0.25) is 0 Å². The second kappa shape index (κ2) is 5.19. The minimum atomic E-state index is -0.804. The molecule has 0 saturated heterocycles. The maximum absolute atomic E-state index is 13.3. The van der Waals surface area contributed by atoms with Crippen LogP contribution in [0.1, 0.15) is 5.56 Å². The Morgan fingerprint density at radius 3 is 2.53 bits per heavy atom. The quantitative estimate of drug-likeness (QED) is 0.820. The minimum absolute atomic E-state index is 0.0290. The van der Waals surface area contributed by atoms with Crippen LogP contribution >= 0.6 is 0 Å². The maximum Gasteiger partial charge on any atom is 0.162 e. The smallest absolute Gasteiger partial charge is 0.162 e. The first-order valence-electron chi connectivity index (χ1n) is 4.85. The molecule has 84 valence electrons. The molecule has 0 saturated carbocycles. The van der Waals surface area contributed by atoms with Crippen molar-refractivity contribution in [2.75, 3.05) is 20.6 Å². The summed E-state index contributed by atoms with van der Waals surface area (Å²) in [5, 5.41) is 0. The van der Waals surface area contributed by atoms with E-state index >= 15 is 0 Å².